The lowest BCUT2D eigenvalue weighted by Crippen LogP contribution is -2.21. The third-order valence-electron chi connectivity index (χ3n) is 2.55. The van der Waals surface area contributed by atoms with Gasteiger partial charge in [0.15, 0.2) is 0 Å². The number of halogens is 2. The van der Waals surface area contributed by atoms with Gasteiger partial charge in [0.1, 0.15) is 0 Å². The number of nitrogens with zero attached hydrogens (tertiary/aromatic N) is 1. The zero-order valence-corrected chi connectivity index (χ0v) is 10.6. The Labute approximate surface area is 108 Å². The lowest BCUT2D eigenvalue weighted by Gasteiger charge is -2.09. The Morgan fingerprint density at radius 2 is 1.82 bits per heavy atom. The van der Waals surface area contributed by atoms with Crippen LogP contribution in [0.3, 0.4) is 0 Å². The predicted octanol–water partition coefficient (Wildman–Crippen LogP) is 2.94. The average Bonchev–Trinajstić information content (AvgIpc) is 2.30. The van der Waals surface area contributed by atoms with E-state index >= 15 is 0 Å². The van der Waals surface area contributed by atoms with Crippen LogP contribution >= 0.6 is 23.2 Å². The van der Waals surface area contributed by atoms with Crippen molar-refractivity contribution in [2.24, 2.45) is 7.05 Å². The standard InChI is InChI=1S/C12H10Cl2N2O/c1-16-11(5-4-10(15)12(16)17)7-2-3-8(13)9(14)6-7/h2-6H,15H2,1H3. The number of nitrogens with two attached hydrogens (primary N) is 1. The van der Waals surface area contributed by atoms with Crippen LogP contribution in [0.2, 0.25) is 10.0 Å². The van der Waals surface area contributed by atoms with Crippen molar-refractivity contribution >= 4 is 28.9 Å². The fourth-order valence-electron chi connectivity index (χ4n) is 1.60. The van der Waals surface area contributed by atoms with Gasteiger partial charge in [-0.2, -0.15) is 0 Å². The van der Waals surface area contributed by atoms with Crippen LogP contribution in [-0.4, -0.2) is 4.57 Å². The van der Waals surface area contributed by atoms with E-state index in [0.717, 1.165) is 11.3 Å². The van der Waals surface area contributed by atoms with Gasteiger partial charge in [-0.25, -0.2) is 0 Å². The summed E-state index contributed by atoms with van der Waals surface area (Å²) in [6, 6.07) is 8.57. The molecule has 0 radical (unpaired) electrons. The Bertz CT molecular complexity index is 635. The van der Waals surface area contributed by atoms with Crippen molar-refractivity contribution in [3.8, 4) is 11.3 Å². The van der Waals surface area contributed by atoms with Crippen molar-refractivity contribution in [3.05, 3.63) is 50.7 Å². The van der Waals surface area contributed by atoms with Gasteiger partial charge in [0, 0.05) is 7.05 Å². The van der Waals surface area contributed by atoms with Crippen molar-refractivity contribution in [1.29, 1.82) is 0 Å². The van der Waals surface area contributed by atoms with E-state index in [0.29, 0.717) is 10.0 Å². The monoisotopic (exact) mass is 268 g/mol. The first-order chi connectivity index (χ1) is 8.00. The van der Waals surface area contributed by atoms with E-state index in [4.69, 9.17) is 28.9 Å². The summed E-state index contributed by atoms with van der Waals surface area (Å²) in [5.74, 6) is 0. The Hall–Kier alpha value is -1.45. The fourth-order valence-corrected chi connectivity index (χ4v) is 1.90. The van der Waals surface area contributed by atoms with Crippen LogP contribution in [0.25, 0.3) is 11.3 Å². The molecule has 0 amide bonds. The number of anilines is 1. The molecule has 2 rings (SSSR count). The molecule has 0 unspecified atom stereocenters. The molecule has 0 fully saturated rings. The second-order valence-corrected chi connectivity index (χ2v) is 4.48. The Kier molecular flexibility index (Phi) is 3.13. The number of aromatic nitrogens is 1. The second kappa shape index (κ2) is 4.43. The minimum Gasteiger partial charge on any atom is -0.394 e. The maximum absolute atomic E-state index is 11.7. The summed E-state index contributed by atoms with van der Waals surface area (Å²) in [5, 5.41) is 0.935. The Balaban J connectivity index is 2.65. The van der Waals surface area contributed by atoms with Gasteiger partial charge >= 0.3 is 0 Å². The molecule has 0 aliphatic rings. The van der Waals surface area contributed by atoms with Crippen LogP contribution in [0.15, 0.2) is 35.1 Å². The molecule has 0 saturated heterocycles. The Morgan fingerprint density at radius 1 is 1.12 bits per heavy atom. The molecule has 2 N–H and O–H groups in total. The van der Waals surface area contributed by atoms with E-state index in [1.807, 2.05) is 0 Å². The van der Waals surface area contributed by atoms with E-state index in [1.165, 1.54) is 4.57 Å². The normalized spacial score (nSPS) is 10.5. The number of benzene rings is 1. The highest BCUT2D eigenvalue weighted by atomic mass is 35.5. The van der Waals surface area contributed by atoms with Gasteiger partial charge in [0.05, 0.1) is 21.4 Å². The van der Waals surface area contributed by atoms with Crippen molar-refractivity contribution < 1.29 is 0 Å². The van der Waals surface area contributed by atoms with Gasteiger partial charge in [-0.05, 0) is 29.8 Å². The third-order valence-corrected chi connectivity index (χ3v) is 3.29. The molecule has 1 aromatic heterocycles. The second-order valence-electron chi connectivity index (χ2n) is 3.67. The SMILES string of the molecule is Cn1c(-c2ccc(Cl)c(Cl)c2)ccc(N)c1=O. The van der Waals surface area contributed by atoms with Crippen molar-refractivity contribution in [3.63, 3.8) is 0 Å². The van der Waals surface area contributed by atoms with Crippen molar-refractivity contribution in [2.75, 3.05) is 5.73 Å². The highest BCUT2D eigenvalue weighted by molar-refractivity contribution is 6.42. The smallest absolute Gasteiger partial charge is 0.273 e. The average molecular weight is 269 g/mol. The molecule has 3 nitrogen and oxygen atoms in total. The first-order valence-corrected chi connectivity index (χ1v) is 5.67. The molecule has 0 atom stereocenters. The predicted molar refractivity (Wildman–Crippen MR) is 71.6 cm³/mol. The molecule has 88 valence electrons. The molecule has 1 heterocycles. The third kappa shape index (κ3) is 2.16. The van der Waals surface area contributed by atoms with Gasteiger partial charge in [-0.15, -0.1) is 0 Å². The van der Waals surface area contributed by atoms with Crippen LogP contribution < -0.4 is 11.3 Å². The molecule has 5 heteroatoms. The van der Waals surface area contributed by atoms with Crippen molar-refractivity contribution in [1.82, 2.24) is 4.57 Å². The number of pyridine rings is 1. The summed E-state index contributed by atoms with van der Waals surface area (Å²) in [6.45, 7) is 0. The van der Waals surface area contributed by atoms with E-state index < -0.39 is 0 Å². The molecule has 2 aromatic rings. The molecular formula is C12H10Cl2N2O. The van der Waals surface area contributed by atoms with Crippen LogP contribution in [0, 0.1) is 0 Å². The van der Waals surface area contributed by atoms with Crippen LogP contribution in [0.1, 0.15) is 0 Å². The summed E-state index contributed by atoms with van der Waals surface area (Å²) in [6.07, 6.45) is 0. The lowest BCUT2D eigenvalue weighted by molar-refractivity contribution is 0.874. The summed E-state index contributed by atoms with van der Waals surface area (Å²) < 4.78 is 1.48. The summed E-state index contributed by atoms with van der Waals surface area (Å²) >= 11 is 11.8. The highest BCUT2D eigenvalue weighted by Gasteiger charge is 2.07. The molecule has 0 aliphatic carbocycles. The van der Waals surface area contributed by atoms with Gasteiger partial charge in [-0.3, -0.25) is 4.79 Å². The van der Waals surface area contributed by atoms with Crippen LogP contribution in [0.5, 0.6) is 0 Å². The van der Waals surface area contributed by atoms with Gasteiger partial charge in [0.2, 0.25) is 0 Å². The van der Waals surface area contributed by atoms with Gasteiger partial charge in [-0.1, -0.05) is 29.3 Å². The molecular weight excluding hydrogens is 259 g/mol. The Morgan fingerprint density at radius 3 is 2.47 bits per heavy atom. The van der Waals surface area contributed by atoms with Crippen molar-refractivity contribution in [2.45, 2.75) is 0 Å². The zero-order chi connectivity index (χ0) is 12.6. The minimum atomic E-state index is -0.228. The van der Waals surface area contributed by atoms with Gasteiger partial charge < -0.3 is 10.3 Å². The summed E-state index contributed by atoms with van der Waals surface area (Å²) in [7, 11) is 1.66. The number of rotatable bonds is 1. The maximum Gasteiger partial charge on any atom is 0.273 e. The number of hydrogen-bond acceptors (Lipinski definition) is 2. The van der Waals surface area contributed by atoms with Gasteiger partial charge in [0.25, 0.3) is 5.56 Å². The first kappa shape index (κ1) is 12.0. The van der Waals surface area contributed by atoms with Crippen LogP contribution in [-0.2, 0) is 7.05 Å². The summed E-state index contributed by atoms with van der Waals surface area (Å²) in [5.41, 5.74) is 7.09. The van der Waals surface area contributed by atoms with E-state index in [1.54, 1.807) is 37.4 Å². The maximum atomic E-state index is 11.7. The van der Waals surface area contributed by atoms with E-state index in [-0.39, 0.29) is 11.2 Å². The van der Waals surface area contributed by atoms with E-state index in [9.17, 15) is 4.79 Å². The largest absolute Gasteiger partial charge is 0.394 e. The number of hydrogen-bond donors (Lipinski definition) is 1. The number of nitrogen functional groups attached to an aromatic ring is 1. The summed E-state index contributed by atoms with van der Waals surface area (Å²) in [4.78, 5) is 11.7. The molecule has 17 heavy (non-hydrogen) atoms. The zero-order valence-electron chi connectivity index (χ0n) is 9.08. The molecule has 0 bridgehead atoms. The fraction of sp³-hybridized carbons (Fsp3) is 0.0833. The highest BCUT2D eigenvalue weighted by Crippen LogP contribution is 2.27. The topological polar surface area (TPSA) is 48.0 Å². The molecule has 0 saturated carbocycles. The quantitative estimate of drug-likeness (QED) is 0.865. The lowest BCUT2D eigenvalue weighted by atomic mass is 10.1. The minimum absolute atomic E-state index is 0.219. The molecule has 1 aromatic carbocycles. The molecule has 0 spiro atoms. The van der Waals surface area contributed by atoms with E-state index in [2.05, 4.69) is 0 Å². The first-order valence-electron chi connectivity index (χ1n) is 4.91. The van der Waals surface area contributed by atoms with Crippen LogP contribution in [0.4, 0.5) is 5.69 Å². The molecule has 0 aliphatic heterocycles.